The molecular weight excluding hydrogens is 230 g/mol. The second kappa shape index (κ2) is 7.01. The molecule has 0 amide bonds. The van der Waals surface area contributed by atoms with Gasteiger partial charge in [-0.1, -0.05) is 0 Å². The van der Waals surface area contributed by atoms with Crippen LogP contribution in [0.5, 0.6) is 5.88 Å². The first-order chi connectivity index (χ1) is 8.13. The lowest BCUT2D eigenvalue weighted by molar-refractivity contribution is 0.130. The predicted molar refractivity (Wildman–Crippen MR) is 60.7 cm³/mol. The van der Waals surface area contributed by atoms with Crippen molar-refractivity contribution in [1.29, 1.82) is 0 Å². The minimum atomic E-state index is -2.41. The predicted octanol–water partition coefficient (Wildman–Crippen LogP) is 2.17. The lowest BCUT2D eigenvalue weighted by Crippen LogP contribution is -2.23. The fourth-order valence-electron chi connectivity index (χ4n) is 1.11. The van der Waals surface area contributed by atoms with Gasteiger partial charge in [0.1, 0.15) is 6.61 Å². The van der Waals surface area contributed by atoms with Crippen molar-refractivity contribution in [3.05, 3.63) is 18.3 Å². The van der Waals surface area contributed by atoms with Gasteiger partial charge in [0.25, 0.3) is 6.43 Å². The summed E-state index contributed by atoms with van der Waals surface area (Å²) in [4.78, 5) is 3.98. The summed E-state index contributed by atoms with van der Waals surface area (Å²) in [7, 11) is 1.58. The summed E-state index contributed by atoms with van der Waals surface area (Å²) < 4.78 is 34.6. The molecule has 0 spiro atoms. The van der Waals surface area contributed by atoms with E-state index in [9.17, 15) is 8.78 Å². The summed E-state index contributed by atoms with van der Waals surface area (Å²) >= 11 is 0. The van der Waals surface area contributed by atoms with E-state index in [0.717, 1.165) is 0 Å². The van der Waals surface area contributed by atoms with Gasteiger partial charge in [-0.15, -0.1) is 0 Å². The van der Waals surface area contributed by atoms with Gasteiger partial charge < -0.3 is 14.8 Å². The number of halogens is 2. The first-order valence-corrected chi connectivity index (χ1v) is 5.26. The Morgan fingerprint density at radius 2 is 2.12 bits per heavy atom. The molecule has 0 bridgehead atoms. The van der Waals surface area contributed by atoms with Crippen molar-refractivity contribution in [2.75, 3.05) is 25.6 Å². The third-order valence-corrected chi connectivity index (χ3v) is 2.05. The van der Waals surface area contributed by atoms with Crippen molar-refractivity contribution in [3.63, 3.8) is 0 Å². The second-order valence-corrected chi connectivity index (χ2v) is 3.49. The van der Waals surface area contributed by atoms with Crippen LogP contribution in [-0.2, 0) is 4.74 Å². The average Bonchev–Trinajstić information content (AvgIpc) is 2.31. The highest BCUT2D eigenvalue weighted by Gasteiger charge is 2.13. The molecule has 1 heterocycles. The third kappa shape index (κ3) is 4.95. The van der Waals surface area contributed by atoms with E-state index in [-0.39, 0.29) is 0 Å². The molecule has 96 valence electrons. The molecule has 1 aromatic rings. The minimum Gasteiger partial charge on any atom is -0.475 e. The van der Waals surface area contributed by atoms with Gasteiger partial charge in [-0.2, -0.15) is 0 Å². The van der Waals surface area contributed by atoms with E-state index >= 15 is 0 Å². The van der Waals surface area contributed by atoms with Crippen molar-refractivity contribution in [1.82, 2.24) is 4.98 Å². The summed E-state index contributed by atoms with van der Waals surface area (Å²) in [6.07, 6.45) is -0.950. The number of ether oxygens (including phenoxy) is 2. The number of pyridine rings is 1. The number of methoxy groups -OCH3 is 1. The zero-order valence-electron chi connectivity index (χ0n) is 9.82. The van der Waals surface area contributed by atoms with Crippen molar-refractivity contribution in [3.8, 4) is 5.88 Å². The molecule has 17 heavy (non-hydrogen) atoms. The first-order valence-electron chi connectivity index (χ1n) is 5.26. The maximum Gasteiger partial charge on any atom is 0.258 e. The van der Waals surface area contributed by atoms with Gasteiger partial charge in [0.2, 0.25) is 5.88 Å². The highest BCUT2D eigenvalue weighted by molar-refractivity contribution is 5.42. The minimum absolute atomic E-state index is 0.406. The number of alkyl halides is 2. The monoisotopic (exact) mass is 246 g/mol. The lowest BCUT2D eigenvalue weighted by atomic mass is 10.3. The largest absolute Gasteiger partial charge is 0.475 e. The van der Waals surface area contributed by atoms with Gasteiger partial charge in [0.05, 0.1) is 24.5 Å². The molecule has 1 aromatic heterocycles. The second-order valence-electron chi connectivity index (χ2n) is 3.49. The molecule has 4 nitrogen and oxygen atoms in total. The molecule has 1 N–H and O–H groups in total. The fraction of sp³-hybridized carbons (Fsp3) is 0.545. The van der Waals surface area contributed by atoms with E-state index < -0.39 is 12.5 Å². The zero-order valence-corrected chi connectivity index (χ0v) is 9.82. The van der Waals surface area contributed by atoms with Crippen molar-refractivity contribution < 1.29 is 18.3 Å². The van der Waals surface area contributed by atoms with Crippen LogP contribution in [0, 0.1) is 0 Å². The van der Waals surface area contributed by atoms with E-state index in [1.54, 1.807) is 19.2 Å². The molecule has 0 aliphatic carbocycles. The molecule has 0 aliphatic heterocycles. The standard InChI is InChI=1S/C11H16F2N2O2/c1-8(11(12)13)15-9-3-4-10(14-7-9)17-6-5-16-2/h3-4,7-8,11,15H,5-6H2,1-2H3. The fourth-order valence-corrected chi connectivity index (χ4v) is 1.11. The SMILES string of the molecule is COCCOc1ccc(NC(C)C(F)F)cn1. The van der Waals surface area contributed by atoms with Crippen LogP contribution >= 0.6 is 0 Å². The molecule has 1 unspecified atom stereocenters. The van der Waals surface area contributed by atoms with Crippen LogP contribution in [0.2, 0.25) is 0 Å². The van der Waals surface area contributed by atoms with Crippen LogP contribution in [0.25, 0.3) is 0 Å². The van der Waals surface area contributed by atoms with Crippen LogP contribution in [0.15, 0.2) is 18.3 Å². The maximum atomic E-state index is 12.3. The van der Waals surface area contributed by atoms with E-state index in [1.807, 2.05) is 0 Å². The smallest absolute Gasteiger partial charge is 0.258 e. The van der Waals surface area contributed by atoms with Crippen molar-refractivity contribution in [2.24, 2.45) is 0 Å². The normalized spacial score (nSPS) is 12.5. The first kappa shape index (κ1) is 13.6. The van der Waals surface area contributed by atoms with Crippen LogP contribution in [0.3, 0.4) is 0 Å². The van der Waals surface area contributed by atoms with Crippen LogP contribution in [0.1, 0.15) is 6.92 Å². The third-order valence-electron chi connectivity index (χ3n) is 2.05. The summed E-state index contributed by atoms with van der Waals surface area (Å²) in [6.45, 7) is 2.29. The molecule has 0 aromatic carbocycles. The van der Waals surface area contributed by atoms with Crippen molar-refractivity contribution >= 4 is 5.69 Å². The Balaban J connectivity index is 2.44. The molecule has 1 rings (SSSR count). The number of rotatable bonds is 7. The number of nitrogens with one attached hydrogen (secondary N) is 1. The molecule has 0 radical (unpaired) electrons. The number of anilines is 1. The van der Waals surface area contributed by atoms with Gasteiger partial charge in [-0.25, -0.2) is 13.8 Å². The number of hydrogen-bond acceptors (Lipinski definition) is 4. The Kier molecular flexibility index (Phi) is 5.62. The van der Waals surface area contributed by atoms with Gasteiger partial charge in [-0.3, -0.25) is 0 Å². The Hall–Kier alpha value is -1.43. The molecular formula is C11H16F2N2O2. The molecule has 6 heteroatoms. The Morgan fingerprint density at radius 1 is 1.35 bits per heavy atom. The lowest BCUT2D eigenvalue weighted by Gasteiger charge is -2.13. The number of aromatic nitrogens is 1. The highest BCUT2D eigenvalue weighted by atomic mass is 19.3. The van der Waals surface area contributed by atoms with Crippen LogP contribution in [-0.4, -0.2) is 37.8 Å². The summed E-state index contributed by atoms with van der Waals surface area (Å²) in [5, 5.41) is 2.64. The topological polar surface area (TPSA) is 43.4 Å². The van der Waals surface area contributed by atoms with Gasteiger partial charge in [0.15, 0.2) is 0 Å². The Bertz CT molecular complexity index is 320. The molecule has 1 atom stereocenters. The van der Waals surface area contributed by atoms with Gasteiger partial charge in [0, 0.05) is 13.2 Å². The molecule has 0 fully saturated rings. The zero-order chi connectivity index (χ0) is 12.7. The molecule has 0 saturated carbocycles. The molecule has 0 saturated heterocycles. The van der Waals surface area contributed by atoms with Crippen LogP contribution < -0.4 is 10.1 Å². The summed E-state index contributed by atoms with van der Waals surface area (Å²) in [6, 6.07) is 2.36. The Labute approximate surface area is 98.9 Å². The quantitative estimate of drug-likeness (QED) is 0.749. The highest BCUT2D eigenvalue weighted by Crippen LogP contribution is 2.14. The van der Waals surface area contributed by atoms with Crippen LogP contribution in [0.4, 0.5) is 14.5 Å². The van der Waals surface area contributed by atoms with E-state index in [4.69, 9.17) is 9.47 Å². The summed E-state index contributed by atoms with van der Waals surface area (Å²) in [5.41, 5.74) is 0.539. The van der Waals surface area contributed by atoms with Gasteiger partial charge in [-0.05, 0) is 13.0 Å². The maximum absolute atomic E-state index is 12.3. The average molecular weight is 246 g/mol. The van der Waals surface area contributed by atoms with Crippen molar-refractivity contribution in [2.45, 2.75) is 19.4 Å². The molecule has 0 aliphatic rings. The number of hydrogen-bond donors (Lipinski definition) is 1. The Morgan fingerprint density at radius 3 is 2.65 bits per heavy atom. The van der Waals surface area contributed by atoms with E-state index in [1.165, 1.54) is 13.1 Å². The summed E-state index contributed by atoms with van der Waals surface area (Å²) in [5.74, 6) is 0.442. The van der Waals surface area contributed by atoms with E-state index in [2.05, 4.69) is 10.3 Å². The van der Waals surface area contributed by atoms with E-state index in [0.29, 0.717) is 24.8 Å². The number of nitrogens with zero attached hydrogens (tertiary/aromatic N) is 1. The van der Waals surface area contributed by atoms with Gasteiger partial charge >= 0.3 is 0 Å².